The Kier molecular flexibility index (Phi) is 9.37. The molecule has 0 amide bonds. The average Bonchev–Trinajstić information content (AvgIpc) is 2.78. The third-order valence-corrected chi connectivity index (χ3v) is 5.26. The van der Waals surface area contributed by atoms with Crippen LogP contribution in [-0.2, 0) is 24.9 Å². The normalized spacial score (nSPS) is 11.9. The molecule has 0 bridgehead atoms. The number of nitrogens with zero attached hydrogens (tertiary/aromatic N) is 1. The number of rotatable bonds is 3. The van der Waals surface area contributed by atoms with Crippen LogP contribution in [0.15, 0.2) is 84.8 Å². The fourth-order valence-corrected chi connectivity index (χ4v) is 3.02. The molecule has 35 heavy (non-hydrogen) atoms. The van der Waals surface area contributed by atoms with Crippen molar-refractivity contribution in [1.29, 1.82) is 0 Å². The van der Waals surface area contributed by atoms with Crippen LogP contribution in [-0.4, -0.2) is 15.9 Å². The summed E-state index contributed by atoms with van der Waals surface area (Å²) < 4.78 is 5.87. The molecule has 4 rings (SSSR count). The summed E-state index contributed by atoms with van der Waals surface area (Å²) in [5.74, 6) is 1.39. The number of carbonyl (C=O) groups excluding carboxylic acids is 1. The zero-order chi connectivity index (χ0) is 24.9. The molecule has 4 aromatic rings. The zero-order valence-corrected chi connectivity index (χ0v) is 23.4. The van der Waals surface area contributed by atoms with E-state index in [1.54, 1.807) is 6.20 Å². The van der Waals surface area contributed by atoms with Gasteiger partial charge < -0.3 is 9.84 Å². The second kappa shape index (κ2) is 11.6. The molecule has 0 aliphatic heterocycles. The van der Waals surface area contributed by atoms with Gasteiger partial charge in [-0.3, -0.25) is 4.79 Å². The van der Waals surface area contributed by atoms with Gasteiger partial charge >= 0.3 is 0 Å². The Hall–Kier alpha value is -3.01. The van der Waals surface area contributed by atoms with Gasteiger partial charge in [-0.15, -0.1) is 12.1 Å². The van der Waals surface area contributed by atoms with Crippen LogP contribution in [0.4, 0.5) is 0 Å². The first-order chi connectivity index (χ1) is 15.9. The first kappa shape index (κ1) is 28.2. The van der Waals surface area contributed by atoms with E-state index < -0.39 is 5.41 Å². The second-order valence-corrected chi connectivity index (χ2v) is 10.3. The quantitative estimate of drug-likeness (QED) is 0.106. The molecule has 1 radical (unpaired) electrons. The number of carbonyl (C=O) groups is 1. The first-order valence-electron chi connectivity index (χ1n) is 11.3. The number of pyridine rings is 1. The molecular weight excluding hydrogens is 615 g/mol. The summed E-state index contributed by atoms with van der Waals surface area (Å²) in [6, 6.07) is 25.2. The molecular formula is C30H32IrNO3-. The maximum absolute atomic E-state index is 11.5. The van der Waals surface area contributed by atoms with Crippen LogP contribution in [0, 0.1) is 16.9 Å². The predicted molar refractivity (Wildman–Crippen MR) is 139 cm³/mol. The molecule has 0 spiro atoms. The monoisotopic (exact) mass is 647 g/mol. The SMILES string of the molecule is CC(C)(C)C(=O)/C=C(\O)C(C)(C)C.[Ir].[c-]1ccccc1Oc1nccc2cc3ccccc3cc12. The number of hydrogen-bond acceptors (Lipinski definition) is 4. The van der Waals surface area contributed by atoms with Crippen molar-refractivity contribution in [1.82, 2.24) is 4.98 Å². The first-order valence-corrected chi connectivity index (χ1v) is 11.3. The topological polar surface area (TPSA) is 59.4 Å². The number of para-hydroxylation sites is 1. The van der Waals surface area contributed by atoms with Gasteiger partial charge in [0, 0.05) is 54.3 Å². The Bertz CT molecular complexity index is 1320. The maximum Gasteiger partial charge on any atom is 0.224 e. The van der Waals surface area contributed by atoms with E-state index in [4.69, 9.17) is 4.74 Å². The molecule has 0 saturated carbocycles. The molecule has 4 nitrogen and oxygen atoms in total. The molecule has 0 unspecified atom stereocenters. The fraction of sp³-hybridized carbons (Fsp3) is 0.267. The van der Waals surface area contributed by atoms with Crippen LogP contribution < -0.4 is 4.74 Å². The average molecular weight is 647 g/mol. The summed E-state index contributed by atoms with van der Waals surface area (Å²) in [7, 11) is 0. The van der Waals surface area contributed by atoms with Crippen molar-refractivity contribution in [3.05, 3.63) is 90.8 Å². The molecule has 5 heteroatoms. The number of ketones is 1. The molecule has 3 aromatic carbocycles. The second-order valence-electron chi connectivity index (χ2n) is 10.3. The molecule has 1 aromatic heterocycles. The minimum Gasteiger partial charge on any atom is -0.512 e. The van der Waals surface area contributed by atoms with Gasteiger partial charge in [-0.2, -0.15) is 18.2 Å². The minimum absolute atomic E-state index is 0. The molecule has 1 N–H and O–H groups in total. The van der Waals surface area contributed by atoms with Crippen molar-refractivity contribution < 1.29 is 34.7 Å². The number of fused-ring (bicyclic) bond motifs is 2. The third kappa shape index (κ3) is 7.74. The summed E-state index contributed by atoms with van der Waals surface area (Å²) in [4.78, 5) is 15.9. The third-order valence-electron chi connectivity index (χ3n) is 5.26. The molecule has 185 valence electrons. The van der Waals surface area contributed by atoms with E-state index in [1.165, 1.54) is 16.8 Å². The molecule has 1 heterocycles. The van der Waals surface area contributed by atoms with E-state index in [0.717, 1.165) is 10.8 Å². The number of aromatic nitrogens is 1. The van der Waals surface area contributed by atoms with Crippen molar-refractivity contribution in [2.24, 2.45) is 10.8 Å². The van der Waals surface area contributed by atoms with Crippen molar-refractivity contribution >= 4 is 27.3 Å². The van der Waals surface area contributed by atoms with Gasteiger partial charge in [-0.05, 0) is 34.4 Å². The van der Waals surface area contributed by atoms with Gasteiger partial charge in [0.05, 0.1) is 0 Å². The van der Waals surface area contributed by atoms with E-state index in [2.05, 4.69) is 35.3 Å². The summed E-state index contributed by atoms with van der Waals surface area (Å²) in [6.45, 7) is 11.1. The standard InChI is InChI=1S/C19H12NO.C11H20O2.Ir/c1-2-8-17(9-3-1)21-19-18-13-15-7-5-4-6-14(15)12-16(18)10-11-20-19;1-10(2,3)8(12)7-9(13)11(4,5)6;/h1-8,10-13H;7,12H,1-6H3;/q-1;;/b;8-7-;. The van der Waals surface area contributed by atoms with Crippen molar-refractivity contribution in [2.75, 3.05) is 0 Å². The molecule has 0 saturated heterocycles. The van der Waals surface area contributed by atoms with Crippen LogP contribution in [0.3, 0.4) is 0 Å². The van der Waals surface area contributed by atoms with E-state index in [9.17, 15) is 9.90 Å². The van der Waals surface area contributed by atoms with E-state index in [1.807, 2.05) is 84.0 Å². The fourth-order valence-electron chi connectivity index (χ4n) is 3.02. The van der Waals surface area contributed by atoms with Crippen molar-refractivity contribution in [3.63, 3.8) is 0 Å². The maximum atomic E-state index is 11.5. The number of benzene rings is 3. The summed E-state index contributed by atoms with van der Waals surface area (Å²) in [6.07, 6.45) is 3.11. The van der Waals surface area contributed by atoms with Crippen LogP contribution in [0.25, 0.3) is 21.5 Å². The molecule has 0 fully saturated rings. The molecule has 0 aliphatic rings. The number of ether oxygens (including phenoxy) is 1. The predicted octanol–water partition coefficient (Wildman–Crippen LogP) is 8.07. The smallest absolute Gasteiger partial charge is 0.224 e. The van der Waals surface area contributed by atoms with Crippen molar-refractivity contribution in [2.45, 2.75) is 41.5 Å². The molecule has 0 atom stereocenters. The van der Waals surface area contributed by atoms with Crippen molar-refractivity contribution in [3.8, 4) is 11.6 Å². The van der Waals surface area contributed by atoms with Crippen LogP contribution in [0.5, 0.6) is 11.6 Å². The van der Waals surface area contributed by atoms with E-state index in [-0.39, 0.29) is 37.1 Å². The number of aliphatic hydroxyl groups excluding tert-OH is 1. The van der Waals surface area contributed by atoms with E-state index >= 15 is 0 Å². The summed E-state index contributed by atoms with van der Waals surface area (Å²) in [5.41, 5.74) is -0.764. The Balaban J connectivity index is 0.000000271. The largest absolute Gasteiger partial charge is 0.512 e. The Labute approximate surface area is 221 Å². The van der Waals surface area contributed by atoms with Crippen LogP contribution in [0.2, 0.25) is 0 Å². The van der Waals surface area contributed by atoms with Gasteiger partial charge in [-0.25, -0.2) is 4.98 Å². The van der Waals surface area contributed by atoms with Crippen LogP contribution >= 0.6 is 0 Å². The Morgan fingerprint density at radius 2 is 1.51 bits per heavy atom. The summed E-state index contributed by atoms with van der Waals surface area (Å²) in [5, 5.41) is 14.1. The summed E-state index contributed by atoms with van der Waals surface area (Å²) >= 11 is 0. The zero-order valence-electron chi connectivity index (χ0n) is 21.0. The Morgan fingerprint density at radius 3 is 2.09 bits per heavy atom. The minimum atomic E-state index is -0.417. The van der Waals surface area contributed by atoms with Gasteiger partial charge in [0.1, 0.15) is 5.76 Å². The van der Waals surface area contributed by atoms with Gasteiger partial charge in [0.2, 0.25) is 5.88 Å². The van der Waals surface area contributed by atoms with Gasteiger partial charge in [-0.1, -0.05) is 65.8 Å². The number of hydrogen-bond donors (Lipinski definition) is 1. The number of aliphatic hydroxyl groups is 1. The van der Waals surface area contributed by atoms with Gasteiger partial charge in [0.15, 0.2) is 5.78 Å². The van der Waals surface area contributed by atoms with Crippen LogP contribution in [0.1, 0.15) is 41.5 Å². The van der Waals surface area contributed by atoms with E-state index in [0.29, 0.717) is 11.6 Å². The number of allylic oxidation sites excluding steroid dienone is 2. The Morgan fingerprint density at radius 1 is 0.886 bits per heavy atom. The van der Waals surface area contributed by atoms with Gasteiger partial charge in [0.25, 0.3) is 0 Å². The molecule has 0 aliphatic carbocycles.